The monoisotopic (exact) mass is 227 g/mol. The van der Waals surface area contributed by atoms with Crippen molar-refractivity contribution in [2.75, 3.05) is 23.7 Å². The van der Waals surface area contributed by atoms with Crippen molar-refractivity contribution in [3.63, 3.8) is 0 Å². The second kappa shape index (κ2) is 3.91. The minimum atomic E-state index is 0.761. The van der Waals surface area contributed by atoms with Crippen molar-refractivity contribution >= 4 is 22.3 Å². The van der Waals surface area contributed by atoms with Gasteiger partial charge in [0.2, 0.25) is 0 Å². The zero-order valence-electron chi connectivity index (χ0n) is 10.1. The van der Waals surface area contributed by atoms with Gasteiger partial charge in [-0.15, -0.1) is 0 Å². The lowest BCUT2D eigenvalue weighted by atomic mass is 9.95. The molecule has 1 aliphatic rings. The maximum absolute atomic E-state index is 5.96. The van der Waals surface area contributed by atoms with Crippen LogP contribution in [-0.2, 0) is 0 Å². The van der Waals surface area contributed by atoms with E-state index in [1.54, 1.807) is 6.20 Å². The van der Waals surface area contributed by atoms with Gasteiger partial charge in [0.1, 0.15) is 0 Å². The van der Waals surface area contributed by atoms with Crippen LogP contribution < -0.4 is 10.6 Å². The molecule has 0 saturated carbocycles. The second-order valence-electron chi connectivity index (χ2n) is 4.75. The molecule has 0 amide bonds. The number of benzene rings is 1. The number of nitrogens with zero attached hydrogens (tertiary/aromatic N) is 2. The highest BCUT2D eigenvalue weighted by molar-refractivity contribution is 5.98. The van der Waals surface area contributed by atoms with Gasteiger partial charge in [-0.25, -0.2) is 0 Å². The van der Waals surface area contributed by atoms with E-state index in [0.29, 0.717) is 0 Å². The summed E-state index contributed by atoms with van der Waals surface area (Å²) in [7, 11) is 0. The number of hydrogen-bond acceptors (Lipinski definition) is 3. The van der Waals surface area contributed by atoms with Crippen molar-refractivity contribution in [3.05, 3.63) is 30.5 Å². The smallest absolute Gasteiger partial charge is 0.0951 e. The first-order chi connectivity index (χ1) is 8.29. The van der Waals surface area contributed by atoms with Crippen LogP contribution in [0.3, 0.4) is 0 Å². The van der Waals surface area contributed by atoms with Crippen LogP contribution in [0.2, 0.25) is 0 Å². The van der Waals surface area contributed by atoms with E-state index in [1.807, 2.05) is 12.1 Å². The zero-order chi connectivity index (χ0) is 11.8. The van der Waals surface area contributed by atoms with E-state index in [4.69, 9.17) is 5.73 Å². The van der Waals surface area contributed by atoms with E-state index < -0.39 is 0 Å². The number of anilines is 2. The lowest BCUT2D eigenvalue weighted by Gasteiger charge is -2.41. The molecule has 0 aliphatic carbocycles. The molecule has 0 atom stereocenters. The van der Waals surface area contributed by atoms with E-state index in [1.165, 1.54) is 17.5 Å². The van der Waals surface area contributed by atoms with Gasteiger partial charge in [0.15, 0.2) is 0 Å². The Kier molecular flexibility index (Phi) is 2.39. The number of pyridine rings is 1. The summed E-state index contributed by atoms with van der Waals surface area (Å²) in [5.41, 5.74) is 8.91. The molecule has 2 aromatic rings. The van der Waals surface area contributed by atoms with Crippen LogP contribution in [0.15, 0.2) is 30.5 Å². The molecule has 2 heterocycles. The van der Waals surface area contributed by atoms with Crippen LogP contribution in [0.5, 0.6) is 0 Å². The molecule has 17 heavy (non-hydrogen) atoms. The van der Waals surface area contributed by atoms with E-state index >= 15 is 0 Å². The number of rotatable bonds is 2. The minimum Gasteiger partial charge on any atom is -0.397 e. The summed E-state index contributed by atoms with van der Waals surface area (Å²) in [6, 6.07) is 8.16. The third kappa shape index (κ3) is 1.62. The van der Waals surface area contributed by atoms with Crippen molar-refractivity contribution in [3.8, 4) is 0 Å². The molecule has 88 valence electrons. The largest absolute Gasteiger partial charge is 0.397 e. The standard InChI is InChI=1S/C14H17N3/c1-2-10-8-17(9-10)13-6-5-12(15)14-11(13)4-3-7-16-14/h3-7,10H,2,8-9,15H2,1H3. The van der Waals surface area contributed by atoms with Gasteiger partial charge in [-0.2, -0.15) is 0 Å². The number of fused-ring (bicyclic) bond motifs is 1. The summed E-state index contributed by atoms with van der Waals surface area (Å²) in [5, 5.41) is 1.17. The van der Waals surface area contributed by atoms with Crippen LogP contribution in [-0.4, -0.2) is 18.1 Å². The molecule has 0 radical (unpaired) electrons. The van der Waals surface area contributed by atoms with Crippen molar-refractivity contribution < 1.29 is 0 Å². The van der Waals surface area contributed by atoms with Gasteiger partial charge >= 0.3 is 0 Å². The van der Waals surface area contributed by atoms with E-state index in [-0.39, 0.29) is 0 Å². The van der Waals surface area contributed by atoms with Gasteiger partial charge in [0, 0.05) is 30.4 Å². The highest BCUT2D eigenvalue weighted by atomic mass is 15.2. The Hall–Kier alpha value is -1.77. The summed E-state index contributed by atoms with van der Waals surface area (Å²) < 4.78 is 0. The van der Waals surface area contributed by atoms with Crippen molar-refractivity contribution in [2.45, 2.75) is 13.3 Å². The van der Waals surface area contributed by atoms with Crippen molar-refractivity contribution in [1.82, 2.24) is 4.98 Å². The van der Waals surface area contributed by atoms with Crippen LogP contribution in [0.1, 0.15) is 13.3 Å². The third-order valence-corrected chi connectivity index (χ3v) is 3.65. The molecule has 0 unspecified atom stereocenters. The first-order valence-electron chi connectivity index (χ1n) is 6.17. The Morgan fingerprint density at radius 1 is 1.35 bits per heavy atom. The molecular weight excluding hydrogens is 210 g/mol. The van der Waals surface area contributed by atoms with Crippen molar-refractivity contribution in [1.29, 1.82) is 0 Å². The predicted molar refractivity (Wildman–Crippen MR) is 72.1 cm³/mol. The molecule has 1 fully saturated rings. The molecule has 1 aromatic carbocycles. The highest BCUT2D eigenvalue weighted by Gasteiger charge is 2.26. The number of nitrogens with two attached hydrogens (primary N) is 1. The molecule has 0 bridgehead atoms. The molecule has 1 saturated heterocycles. The molecule has 2 N–H and O–H groups in total. The molecule has 3 rings (SSSR count). The minimum absolute atomic E-state index is 0.761. The maximum Gasteiger partial charge on any atom is 0.0951 e. The molecule has 0 spiro atoms. The van der Waals surface area contributed by atoms with Crippen molar-refractivity contribution in [2.24, 2.45) is 5.92 Å². The van der Waals surface area contributed by atoms with Gasteiger partial charge in [-0.05, 0) is 36.6 Å². The normalized spacial score (nSPS) is 16.2. The summed E-state index contributed by atoms with van der Waals surface area (Å²) in [5.74, 6) is 0.847. The van der Waals surface area contributed by atoms with Gasteiger partial charge in [0.05, 0.1) is 11.2 Å². The molecular formula is C14H17N3. The molecule has 3 heteroatoms. The number of nitrogen functional groups attached to an aromatic ring is 1. The predicted octanol–water partition coefficient (Wildman–Crippen LogP) is 2.66. The summed E-state index contributed by atoms with van der Waals surface area (Å²) in [4.78, 5) is 6.78. The fourth-order valence-electron chi connectivity index (χ4n) is 2.48. The Morgan fingerprint density at radius 3 is 2.94 bits per heavy atom. The van der Waals surface area contributed by atoms with Crippen LogP contribution >= 0.6 is 0 Å². The Labute approximate surface area is 101 Å². The fraction of sp³-hybridized carbons (Fsp3) is 0.357. The second-order valence-corrected chi connectivity index (χ2v) is 4.75. The van der Waals surface area contributed by atoms with E-state index in [9.17, 15) is 0 Å². The molecule has 1 aromatic heterocycles. The van der Waals surface area contributed by atoms with Crippen LogP contribution in [0.25, 0.3) is 10.9 Å². The molecule has 1 aliphatic heterocycles. The maximum atomic E-state index is 5.96. The first kappa shape index (κ1) is 10.4. The summed E-state index contributed by atoms with van der Waals surface area (Å²) in [6.45, 7) is 4.57. The highest BCUT2D eigenvalue weighted by Crippen LogP contribution is 2.34. The van der Waals surface area contributed by atoms with Gasteiger partial charge < -0.3 is 10.6 Å². The van der Waals surface area contributed by atoms with E-state index in [2.05, 4.69) is 28.9 Å². The molecule has 3 nitrogen and oxygen atoms in total. The Morgan fingerprint density at radius 2 is 2.18 bits per heavy atom. The average molecular weight is 227 g/mol. The number of aromatic nitrogens is 1. The summed E-state index contributed by atoms with van der Waals surface area (Å²) >= 11 is 0. The topological polar surface area (TPSA) is 42.1 Å². The van der Waals surface area contributed by atoms with Gasteiger partial charge in [-0.3, -0.25) is 4.98 Å². The van der Waals surface area contributed by atoms with Gasteiger partial charge in [-0.1, -0.05) is 6.92 Å². The third-order valence-electron chi connectivity index (χ3n) is 3.65. The fourth-order valence-corrected chi connectivity index (χ4v) is 2.48. The Bertz CT molecular complexity index is 544. The first-order valence-corrected chi connectivity index (χ1v) is 6.17. The van der Waals surface area contributed by atoms with Crippen LogP contribution in [0, 0.1) is 5.92 Å². The van der Waals surface area contributed by atoms with Gasteiger partial charge in [0.25, 0.3) is 0 Å². The Balaban J connectivity index is 2.03. The lowest BCUT2D eigenvalue weighted by Crippen LogP contribution is -2.46. The zero-order valence-corrected chi connectivity index (χ0v) is 10.1. The lowest BCUT2D eigenvalue weighted by molar-refractivity contribution is 0.400. The summed E-state index contributed by atoms with van der Waals surface area (Å²) in [6.07, 6.45) is 3.06. The van der Waals surface area contributed by atoms with E-state index in [0.717, 1.165) is 30.2 Å². The quantitative estimate of drug-likeness (QED) is 0.802. The average Bonchev–Trinajstić information content (AvgIpc) is 2.31. The number of hydrogen-bond donors (Lipinski definition) is 1. The SMILES string of the molecule is CCC1CN(c2ccc(N)c3ncccc23)C1. The van der Waals surface area contributed by atoms with Crippen LogP contribution in [0.4, 0.5) is 11.4 Å².